The summed E-state index contributed by atoms with van der Waals surface area (Å²) in [6, 6.07) is 0. The van der Waals surface area contributed by atoms with Gasteiger partial charge in [0.05, 0.1) is 5.76 Å². The van der Waals surface area contributed by atoms with Crippen molar-refractivity contribution in [3.05, 3.63) is 11.8 Å². The summed E-state index contributed by atoms with van der Waals surface area (Å²) in [7, 11) is 0.648. The lowest BCUT2D eigenvalue weighted by Gasteiger charge is -2.29. The van der Waals surface area contributed by atoms with Crippen molar-refractivity contribution >= 4 is 13.8 Å². The molecular formula is C10H17BNO4. The predicted octanol–water partition coefficient (Wildman–Crippen LogP) is 1.05. The van der Waals surface area contributed by atoms with E-state index in [0.29, 0.717) is 33.0 Å². The van der Waals surface area contributed by atoms with Crippen molar-refractivity contribution in [3.8, 4) is 0 Å². The third kappa shape index (κ3) is 4.14. The number of nitrogens with zero attached hydrogens (tertiary/aromatic N) is 1. The van der Waals surface area contributed by atoms with Gasteiger partial charge in [0.2, 0.25) is 0 Å². The van der Waals surface area contributed by atoms with Crippen LogP contribution in [0.25, 0.3) is 0 Å². The topological polar surface area (TPSA) is 59.0 Å². The zero-order valence-corrected chi connectivity index (χ0v) is 9.90. The zero-order chi connectivity index (χ0) is 12.2. The molecule has 1 heterocycles. The van der Waals surface area contributed by atoms with E-state index in [1.165, 1.54) is 0 Å². The lowest BCUT2D eigenvalue weighted by molar-refractivity contribution is 0.0258. The van der Waals surface area contributed by atoms with Crippen LogP contribution in [0.4, 0.5) is 4.79 Å². The van der Waals surface area contributed by atoms with Gasteiger partial charge in [-0.05, 0) is 26.8 Å². The molecule has 0 aromatic rings. The molecule has 1 rings (SSSR count). The molecule has 1 amide bonds. The maximum atomic E-state index is 11.7. The molecule has 0 aromatic heterocycles. The molecule has 0 saturated carbocycles. The Hall–Kier alpha value is -1.17. The minimum absolute atomic E-state index is 0.323. The van der Waals surface area contributed by atoms with Crippen molar-refractivity contribution in [2.24, 2.45) is 0 Å². The molecule has 0 bridgehead atoms. The Morgan fingerprint density at radius 2 is 2.25 bits per heavy atom. The molecule has 1 aliphatic heterocycles. The number of hydrogen-bond donors (Lipinski definition) is 1. The van der Waals surface area contributed by atoms with Gasteiger partial charge < -0.3 is 19.3 Å². The first kappa shape index (κ1) is 12.9. The first-order valence-electron chi connectivity index (χ1n) is 5.22. The molecule has 16 heavy (non-hydrogen) atoms. The van der Waals surface area contributed by atoms with Crippen LogP contribution < -0.4 is 0 Å². The van der Waals surface area contributed by atoms with Crippen molar-refractivity contribution in [2.45, 2.75) is 32.8 Å². The Morgan fingerprint density at radius 1 is 1.56 bits per heavy atom. The van der Waals surface area contributed by atoms with Gasteiger partial charge in [-0.15, -0.1) is 0 Å². The van der Waals surface area contributed by atoms with Gasteiger partial charge in [0.15, 0.2) is 0 Å². The summed E-state index contributed by atoms with van der Waals surface area (Å²) < 4.78 is 10.1. The molecule has 1 radical (unpaired) electrons. The molecular weight excluding hydrogens is 209 g/mol. The summed E-state index contributed by atoms with van der Waals surface area (Å²) in [6.07, 6.45) is 2.01. The molecule has 6 heteroatoms. The number of rotatable bonds is 2. The quantitative estimate of drug-likeness (QED) is 0.715. The van der Waals surface area contributed by atoms with Crippen molar-refractivity contribution < 1.29 is 19.2 Å². The Bertz CT molecular complexity index is 285. The van der Waals surface area contributed by atoms with Gasteiger partial charge in [0, 0.05) is 19.5 Å². The van der Waals surface area contributed by atoms with Crippen LogP contribution in [0.5, 0.6) is 0 Å². The molecule has 89 valence electrons. The minimum Gasteiger partial charge on any atom is -0.541 e. The van der Waals surface area contributed by atoms with Crippen LogP contribution in [-0.4, -0.2) is 42.4 Å². The van der Waals surface area contributed by atoms with E-state index in [1.807, 2.05) is 20.8 Å². The van der Waals surface area contributed by atoms with Gasteiger partial charge in [-0.2, -0.15) is 0 Å². The van der Waals surface area contributed by atoms with Crippen molar-refractivity contribution in [1.29, 1.82) is 0 Å². The van der Waals surface area contributed by atoms with Crippen molar-refractivity contribution in [1.82, 2.24) is 4.90 Å². The molecule has 0 unspecified atom stereocenters. The van der Waals surface area contributed by atoms with E-state index in [-0.39, 0.29) is 6.09 Å². The molecule has 0 spiro atoms. The van der Waals surface area contributed by atoms with Crippen molar-refractivity contribution in [2.75, 3.05) is 13.1 Å². The summed E-state index contributed by atoms with van der Waals surface area (Å²) >= 11 is 0. The van der Waals surface area contributed by atoms with E-state index in [4.69, 9.17) is 14.4 Å². The fraction of sp³-hybridized carbons (Fsp3) is 0.700. The summed E-state index contributed by atoms with van der Waals surface area (Å²) in [4.78, 5) is 13.2. The normalized spacial score (nSPS) is 16.5. The van der Waals surface area contributed by atoms with Crippen LogP contribution in [0, 0.1) is 0 Å². The molecule has 0 aliphatic carbocycles. The number of amides is 1. The van der Waals surface area contributed by atoms with Gasteiger partial charge >= 0.3 is 13.8 Å². The van der Waals surface area contributed by atoms with Crippen molar-refractivity contribution in [3.63, 3.8) is 0 Å². The Balaban J connectivity index is 2.44. The second kappa shape index (κ2) is 5.25. The highest BCUT2D eigenvalue weighted by Gasteiger charge is 2.23. The van der Waals surface area contributed by atoms with E-state index in [1.54, 1.807) is 11.0 Å². The second-order valence-corrected chi connectivity index (χ2v) is 4.57. The van der Waals surface area contributed by atoms with Crippen LogP contribution in [0.1, 0.15) is 27.2 Å². The average molecular weight is 226 g/mol. The van der Waals surface area contributed by atoms with E-state index in [2.05, 4.69) is 0 Å². The Kier molecular flexibility index (Phi) is 4.23. The van der Waals surface area contributed by atoms with E-state index >= 15 is 0 Å². The minimum atomic E-state index is -0.476. The summed E-state index contributed by atoms with van der Waals surface area (Å²) in [5.41, 5.74) is -0.476. The first-order chi connectivity index (χ1) is 7.42. The maximum absolute atomic E-state index is 11.7. The smallest absolute Gasteiger partial charge is 0.541 e. The molecule has 1 aliphatic rings. The molecule has 0 fully saturated rings. The average Bonchev–Trinajstić information content (AvgIpc) is 2.16. The summed E-state index contributed by atoms with van der Waals surface area (Å²) in [6.45, 7) is 6.48. The molecule has 1 N–H and O–H groups in total. The van der Waals surface area contributed by atoms with Crippen LogP contribution in [-0.2, 0) is 9.39 Å². The van der Waals surface area contributed by atoms with Gasteiger partial charge in [0.1, 0.15) is 5.60 Å². The fourth-order valence-electron chi connectivity index (χ4n) is 1.32. The SMILES string of the molecule is CC(C)(C)OC(=O)N1CC=C(O[B]O)CC1. The van der Waals surface area contributed by atoms with Gasteiger partial charge in [0.25, 0.3) is 0 Å². The number of carbonyl (C=O) groups is 1. The second-order valence-electron chi connectivity index (χ2n) is 4.57. The number of carbonyl (C=O) groups excluding carboxylic acids is 1. The Labute approximate surface area is 96.3 Å². The summed E-state index contributed by atoms with van der Waals surface area (Å²) in [5.74, 6) is 0.669. The molecule has 0 atom stereocenters. The highest BCUT2D eigenvalue weighted by molar-refractivity contribution is 6.16. The molecule has 0 aromatic carbocycles. The van der Waals surface area contributed by atoms with E-state index in [9.17, 15) is 4.79 Å². The van der Waals surface area contributed by atoms with Crippen LogP contribution in [0.3, 0.4) is 0 Å². The third-order valence-electron chi connectivity index (χ3n) is 2.02. The van der Waals surface area contributed by atoms with E-state index in [0.717, 1.165) is 0 Å². The fourth-order valence-corrected chi connectivity index (χ4v) is 1.32. The monoisotopic (exact) mass is 226 g/mol. The van der Waals surface area contributed by atoms with Gasteiger partial charge in [-0.1, -0.05) is 0 Å². The van der Waals surface area contributed by atoms with E-state index < -0.39 is 5.60 Å². The maximum Gasteiger partial charge on any atom is 0.569 e. The largest absolute Gasteiger partial charge is 0.569 e. The van der Waals surface area contributed by atoms with Gasteiger partial charge in [-0.3, -0.25) is 0 Å². The van der Waals surface area contributed by atoms with Gasteiger partial charge in [-0.25, -0.2) is 4.79 Å². The molecule has 0 saturated heterocycles. The lowest BCUT2D eigenvalue weighted by atomic mass is 10.2. The standard InChI is InChI=1S/C10H17BNO4/c1-10(2,3)15-9(13)12-6-4-8(5-7-12)16-11-14/h4,14H,5-7H2,1-3H3. The highest BCUT2D eigenvalue weighted by atomic mass is 16.6. The zero-order valence-electron chi connectivity index (χ0n) is 9.90. The summed E-state index contributed by atoms with van der Waals surface area (Å²) in [5, 5.41) is 8.45. The molecule has 5 nitrogen and oxygen atoms in total. The van der Waals surface area contributed by atoms with Crippen LogP contribution >= 0.6 is 0 Å². The third-order valence-corrected chi connectivity index (χ3v) is 2.02. The highest BCUT2D eigenvalue weighted by Crippen LogP contribution is 2.15. The number of ether oxygens (including phenoxy) is 1. The van der Waals surface area contributed by atoms with Crippen LogP contribution in [0.2, 0.25) is 0 Å². The van der Waals surface area contributed by atoms with Crippen LogP contribution in [0.15, 0.2) is 11.8 Å². The first-order valence-corrected chi connectivity index (χ1v) is 5.22. The lowest BCUT2D eigenvalue weighted by Crippen LogP contribution is -2.39. The Morgan fingerprint density at radius 3 is 2.69 bits per heavy atom. The predicted molar refractivity (Wildman–Crippen MR) is 59.6 cm³/mol. The number of hydrogen-bond acceptors (Lipinski definition) is 4.